The van der Waals surface area contributed by atoms with E-state index in [0.29, 0.717) is 20.6 Å². The lowest BCUT2D eigenvalue weighted by molar-refractivity contribution is -0.140. The lowest BCUT2D eigenvalue weighted by Gasteiger charge is -2.33. The van der Waals surface area contributed by atoms with Gasteiger partial charge in [0.2, 0.25) is 11.8 Å². The van der Waals surface area contributed by atoms with E-state index in [1.54, 1.807) is 56.3 Å². The van der Waals surface area contributed by atoms with Crippen molar-refractivity contribution in [2.24, 2.45) is 0 Å². The number of anilines is 1. The van der Waals surface area contributed by atoms with Gasteiger partial charge < -0.3 is 10.2 Å². The standard InChI is InChI=1S/C30H34Cl3N3O4S/c1-19-7-13-25(14-8-19)41(39,40)36(24-12-9-20(2)26(32)16-24)18-28(37)35(21(3)29(38)34-30(4,5)6)17-22-10-11-23(31)15-27(22)33/h7-16,21H,17-18H2,1-6H3,(H,34,38). The van der Waals surface area contributed by atoms with Crippen LogP contribution in [0.15, 0.2) is 65.6 Å². The number of carbonyl (C=O) groups excluding carboxylic acids is 2. The van der Waals surface area contributed by atoms with Crippen molar-refractivity contribution < 1.29 is 18.0 Å². The predicted octanol–water partition coefficient (Wildman–Crippen LogP) is 6.79. The summed E-state index contributed by atoms with van der Waals surface area (Å²) in [6.07, 6.45) is 0. The minimum Gasteiger partial charge on any atom is -0.350 e. The van der Waals surface area contributed by atoms with E-state index in [0.717, 1.165) is 15.4 Å². The number of halogens is 3. The first-order valence-electron chi connectivity index (χ1n) is 12.9. The first-order chi connectivity index (χ1) is 19.0. The van der Waals surface area contributed by atoms with Crippen LogP contribution in [0.1, 0.15) is 44.4 Å². The maximum absolute atomic E-state index is 14.0. The Morgan fingerprint density at radius 1 is 0.902 bits per heavy atom. The molecule has 2 amide bonds. The minimum atomic E-state index is -4.21. The summed E-state index contributed by atoms with van der Waals surface area (Å²) in [5.41, 5.74) is 1.84. The average Bonchev–Trinajstić information content (AvgIpc) is 2.87. The highest BCUT2D eigenvalue weighted by molar-refractivity contribution is 7.92. The SMILES string of the molecule is Cc1ccc(S(=O)(=O)N(CC(=O)N(Cc2ccc(Cl)cc2Cl)C(C)C(=O)NC(C)(C)C)c2ccc(C)c(Cl)c2)cc1. The summed E-state index contributed by atoms with van der Waals surface area (Å²) in [7, 11) is -4.21. The van der Waals surface area contributed by atoms with Crippen LogP contribution in [-0.2, 0) is 26.2 Å². The van der Waals surface area contributed by atoms with Crippen LogP contribution in [0.3, 0.4) is 0 Å². The highest BCUT2D eigenvalue weighted by Crippen LogP contribution is 2.29. The number of hydrogen-bond donors (Lipinski definition) is 1. The fourth-order valence-electron chi connectivity index (χ4n) is 3.99. The van der Waals surface area contributed by atoms with Crippen LogP contribution in [0, 0.1) is 13.8 Å². The van der Waals surface area contributed by atoms with Crippen molar-refractivity contribution >= 4 is 62.3 Å². The quantitative estimate of drug-likeness (QED) is 0.280. The fraction of sp³-hybridized carbons (Fsp3) is 0.333. The Hall–Kier alpha value is -2.78. The average molecular weight is 639 g/mol. The Morgan fingerprint density at radius 2 is 1.54 bits per heavy atom. The highest BCUT2D eigenvalue weighted by atomic mass is 35.5. The van der Waals surface area contributed by atoms with Crippen molar-refractivity contribution in [3.63, 3.8) is 0 Å². The van der Waals surface area contributed by atoms with Crippen molar-refractivity contribution in [1.29, 1.82) is 0 Å². The maximum atomic E-state index is 14.0. The molecule has 0 heterocycles. The van der Waals surface area contributed by atoms with Crippen LogP contribution < -0.4 is 9.62 Å². The minimum absolute atomic E-state index is 0.0124. The Bertz CT molecular complexity index is 1540. The van der Waals surface area contributed by atoms with Gasteiger partial charge in [-0.05, 0) is 89.1 Å². The number of hydrogen-bond acceptors (Lipinski definition) is 4. The molecule has 0 aliphatic carbocycles. The topological polar surface area (TPSA) is 86.8 Å². The third-order valence-electron chi connectivity index (χ3n) is 6.35. The molecule has 0 aromatic heterocycles. The molecule has 1 atom stereocenters. The number of amides is 2. The van der Waals surface area contributed by atoms with Crippen LogP contribution in [0.5, 0.6) is 0 Å². The van der Waals surface area contributed by atoms with Gasteiger partial charge in [0.05, 0.1) is 10.6 Å². The molecule has 0 radical (unpaired) electrons. The molecule has 0 bridgehead atoms. The summed E-state index contributed by atoms with van der Waals surface area (Å²) in [5.74, 6) is -1.01. The zero-order valence-electron chi connectivity index (χ0n) is 23.8. The van der Waals surface area contributed by atoms with Gasteiger partial charge in [0.15, 0.2) is 0 Å². The molecule has 0 aliphatic heterocycles. The van der Waals surface area contributed by atoms with Crippen molar-refractivity contribution in [3.8, 4) is 0 Å². The normalized spacial score (nSPS) is 12.5. The second kappa shape index (κ2) is 13.0. The molecule has 11 heteroatoms. The number of sulfonamides is 1. The van der Waals surface area contributed by atoms with Gasteiger partial charge in [-0.15, -0.1) is 0 Å². The van der Waals surface area contributed by atoms with Gasteiger partial charge in [-0.1, -0.05) is 64.6 Å². The second-order valence-corrected chi connectivity index (χ2v) is 14.0. The molecular weight excluding hydrogens is 605 g/mol. The summed E-state index contributed by atoms with van der Waals surface area (Å²) in [5, 5.41) is 3.97. The Labute approximate surface area is 257 Å². The summed E-state index contributed by atoms with van der Waals surface area (Å²) in [6, 6.07) is 15.0. The lowest BCUT2D eigenvalue weighted by Crippen LogP contribution is -2.54. The maximum Gasteiger partial charge on any atom is 0.264 e. The number of nitrogens with zero attached hydrogens (tertiary/aromatic N) is 2. The molecular formula is C30H34Cl3N3O4S. The molecule has 3 rings (SSSR count). The van der Waals surface area contributed by atoms with Gasteiger partial charge in [0.1, 0.15) is 12.6 Å². The Balaban J connectivity index is 2.09. The van der Waals surface area contributed by atoms with Crippen LogP contribution in [-0.4, -0.2) is 43.3 Å². The molecule has 3 aromatic carbocycles. The largest absolute Gasteiger partial charge is 0.350 e. The summed E-state index contributed by atoms with van der Waals surface area (Å²) in [4.78, 5) is 28.6. The summed E-state index contributed by atoms with van der Waals surface area (Å²) < 4.78 is 28.9. The van der Waals surface area contributed by atoms with Gasteiger partial charge in [-0.2, -0.15) is 0 Å². The number of carbonyl (C=O) groups is 2. The molecule has 1 N–H and O–H groups in total. The molecule has 0 fully saturated rings. The van der Waals surface area contributed by atoms with E-state index in [4.69, 9.17) is 34.8 Å². The Morgan fingerprint density at radius 3 is 2.10 bits per heavy atom. The molecule has 0 spiro atoms. The molecule has 1 unspecified atom stereocenters. The summed E-state index contributed by atoms with van der Waals surface area (Å²) in [6.45, 7) is 10.1. The molecule has 0 saturated heterocycles. The number of nitrogens with one attached hydrogen (secondary N) is 1. The van der Waals surface area contributed by atoms with Gasteiger partial charge in [-0.3, -0.25) is 13.9 Å². The van der Waals surface area contributed by atoms with Crippen molar-refractivity contribution in [3.05, 3.63) is 92.4 Å². The number of benzene rings is 3. The molecule has 41 heavy (non-hydrogen) atoms. The van der Waals surface area contributed by atoms with Gasteiger partial charge >= 0.3 is 0 Å². The lowest BCUT2D eigenvalue weighted by atomic mass is 10.1. The van der Waals surface area contributed by atoms with E-state index in [-0.39, 0.29) is 17.1 Å². The Kier molecular flexibility index (Phi) is 10.4. The first-order valence-corrected chi connectivity index (χ1v) is 15.5. The van der Waals surface area contributed by atoms with Crippen LogP contribution in [0.25, 0.3) is 0 Å². The molecule has 0 aliphatic rings. The van der Waals surface area contributed by atoms with Gasteiger partial charge in [-0.25, -0.2) is 8.42 Å². The van der Waals surface area contributed by atoms with Crippen LogP contribution in [0.2, 0.25) is 15.1 Å². The predicted molar refractivity (Wildman–Crippen MR) is 166 cm³/mol. The summed E-state index contributed by atoms with van der Waals surface area (Å²) >= 11 is 18.9. The van der Waals surface area contributed by atoms with E-state index in [2.05, 4.69) is 5.32 Å². The van der Waals surface area contributed by atoms with E-state index in [1.807, 2.05) is 27.7 Å². The van der Waals surface area contributed by atoms with E-state index < -0.39 is 40.0 Å². The first kappa shape index (κ1) is 32.7. The molecule has 7 nitrogen and oxygen atoms in total. The van der Waals surface area contributed by atoms with Gasteiger partial charge in [0, 0.05) is 27.2 Å². The third-order valence-corrected chi connectivity index (χ3v) is 9.13. The zero-order chi connectivity index (χ0) is 30.7. The molecule has 3 aromatic rings. The third kappa shape index (κ3) is 8.38. The van der Waals surface area contributed by atoms with E-state index in [1.165, 1.54) is 23.1 Å². The molecule has 0 saturated carbocycles. The number of rotatable bonds is 9. The number of aryl methyl sites for hydroxylation is 2. The zero-order valence-corrected chi connectivity index (χ0v) is 26.9. The van der Waals surface area contributed by atoms with Crippen molar-refractivity contribution in [1.82, 2.24) is 10.2 Å². The van der Waals surface area contributed by atoms with E-state index >= 15 is 0 Å². The van der Waals surface area contributed by atoms with Crippen LogP contribution >= 0.6 is 34.8 Å². The van der Waals surface area contributed by atoms with Crippen molar-refractivity contribution in [2.45, 2.75) is 64.6 Å². The second-order valence-electron chi connectivity index (χ2n) is 10.9. The molecule has 220 valence electrons. The smallest absolute Gasteiger partial charge is 0.264 e. The highest BCUT2D eigenvalue weighted by Gasteiger charge is 2.33. The van der Waals surface area contributed by atoms with Crippen LogP contribution in [0.4, 0.5) is 5.69 Å². The van der Waals surface area contributed by atoms with Crippen molar-refractivity contribution in [2.75, 3.05) is 10.8 Å². The fourth-order valence-corrected chi connectivity index (χ4v) is 6.04. The monoisotopic (exact) mass is 637 g/mol. The van der Waals surface area contributed by atoms with E-state index in [9.17, 15) is 18.0 Å². The van der Waals surface area contributed by atoms with Gasteiger partial charge in [0.25, 0.3) is 10.0 Å².